The van der Waals surface area contributed by atoms with Crippen molar-refractivity contribution in [1.29, 1.82) is 0 Å². The van der Waals surface area contributed by atoms with E-state index in [-0.39, 0.29) is 11.5 Å². The highest BCUT2D eigenvalue weighted by molar-refractivity contribution is 6.30. The average molecular weight is 457 g/mol. The predicted molar refractivity (Wildman–Crippen MR) is 138 cm³/mol. The smallest absolute Gasteiger partial charge is 0.132 e. The van der Waals surface area contributed by atoms with Gasteiger partial charge in [-0.1, -0.05) is 96.6 Å². The van der Waals surface area contributed by atoms with Gasteiger partial charge in [-0.05, 0) is 64.1 Å². The minimum atomic E-state index is -0.401. The van der Waals surface area contributed by atoms with Crippen molar-refractivity contribution >= 4 is 11.6 Å². The molecule has 1 nitrogen and oxygen atoms in total. The summed E-state index contributed by atoms with van der Waals surface area (Å²) in [6, 6.07) is 28.7. The van der Waals surface area contributed by atoms with Crippen LogP contribution in [0.4, 0.5) is 0 Å². The van der Waals surface area contributed by atoms with Gasteiger partial charge in [0.1, 0.15) is 11.9 Å². The zero-order valence-electron chi connectivity index (χ0n) is 18.7. The van der Waals surface area contributed by atoms with E-state index in [9.17, 15) is 0 Å². The van der Waals surface area contributed by atoms with Gasteiger partial charge >= 0.3 is 0 Å². The molecule has 162 valence electrons. The van der Waals surface area contributed by atoms with Gasteiger partial charge in [-0.25, -0.2) is 0 Å². The summed E-state index contributed by atoms with van der Waals surface area (Å²) in [7, 11) is 0. The number of benzene rings is 4. The summed E-state index contributed by atoms with van der Waals surface area (Å²) in [5, 5.41) is 0.761. The Bertz CT molecular complexity index is 1580. The van der Waals surface area contributed by atoms with Crippen molar-refractivity contribution in [3.63, 3.8) is 0 Å². The van der Waals surface area contributed by atoms with E-state index in [1.807, 2.05) is 6.07 Å². The van der Waals surface area contributed by atoms with Crippen LogP contribution in [0, 0.1) is 0 Å². The number of allylic oxidation sites excluding steroid dienone is 2. The first kappa shape index (κ1) is 18.8. The van der Waals surface area contributed by atoms with E-state index in [4.69, 9.17) is 16.3 Å². The van der Waals surface area contributed by atoms with Crippen LogP contribution < -0.4 is 4.74 Å². The molecule has 4 aromatic carbocycles. The summed E-state index contributed by atoms with van der Waals surface area (Å²) in [6.45, 7) is 2.28. The van der Waals surface area contributed by atoms with E-state index < -0.39 is 5.41 Å². The Hall–Kier alpha value is -3.55. The minimum absolute atomic E-state index is 0.00875. The summed E-state index contributed by atoms with van der Waals surface area (Å²) >= 11 is 6.67. The molecule has 0 saturated heterocycles. The van der Waals surface area contributed by atoms with E-state index in [1.165, 1.54) is 50.1 Å². The van der Waals surface area contributed by atoms with Gasteiger partial charge in [0.25, 0.3) is 0 Å². The summed E-state index contributed by atoms with van der Waals surface area (Å²) in [4.78, 5) is 0. The van der Waals surface area contributed by atoms with Crippen molar-refractivity contribution < 1.29 is 4.74 Å². The SMILES string of the molecule is CC12C=CC=CC1Oc1c2ccc2c1-c1ccc(Cl)cc1C21c2ccccc2-c2ccccc21. The van der Waals surface area contributed by atoms with E-state index in [0.29, 0.717) is 0 Å². The Kier molecular flexibility index (Phi) is 3.39. The molecule has 1 heterocycles. The third-order valence-corrected chi connectivity index (χ3v) is 8.66. The van der Waals surface area contributed by atoms with Gasteiger partial charge < -0.3 is 4.74 Å². The highest BCUT2D eigenvalue weighted by Gasteiger charge is 2.54. The number of hydrogen-bond acceptors (Lipinski definition) is 1. The van der Waals surface area contributed by atoms with Crippen LogP contribution in [0.3, 0.4) is 0 Å². The van der Waals surface area contributed by atoms with Crippen LogP contribution >= 0.6 is 11.6 Å². The summed E-state index contributed by atoms with van der Waals surface area (Å²) in [6.07, 6.45) is 8.70. The van der Waals surface area contributed by atoms with Gasteiger partial charge in [0.2, 0.25) is 0 Å². The van der Waals surface area contributed by atoms with Gasteiger partial charge in [0.15, 0.2) is 0 Å². The number of fused-ring (bicyclic) bond motifs is 14. The monoisotopic (exact) mass is 456 g/mol. The average Bonchev–Trinajstić information content (AvgIpc) is 3.45. The van der Waals surface area contributed by atoms with Crippen molar-refractivity contribution in [2.24, 2.45) is 0 Å². The molecule has 0 amide bonds. The lowest BCUT2D eigenvalue weighted by Crippen LogP contribution is -2.32. The Labute approximate surface area is 204 Å². The van der Waals surface area contributed by atoms with Crippen LogP contribution in [0.1, 0.15) is 34.7 Å². The zero-order chi connectivity index (χ0) is 22.7. The second-order valence-electron chi connectivity index (χ2n) is 9.96. The van der Waals surface area contributed by atoms with Crippen molar-refractivity contribution in [3.05, 3.63) is 136 Å². The third kappa shape index (κ3) is 1.96. The Morgan fingerprint density at radius 3 is 2.18 bits per heavy atom. The van der Waals surface area contributed by atoms with Gasteiger partial charge in [-0.3, -0.25) is 0 Å². The highest BCUT2D eigenvalue weighted by Crippen LogP contribution is 2.66. The first-order valence-electron chi connectivity index (χ1n) is 11.8. The largest absolute Gasteiger partial charge is 0.484 e. The maximum Gasteiger partial charge on any atom is 0.132 e. The molecule has 0 saturated carbocycles. The van der Waals surface area contributed by atoms with Gasteiger partial charge in [0.05, 0.1) is 10.8 Å². The summed E-state index contributed by atoms with van der Waals surface area (Å²) < 4.78 is 6.75. The minimum Gasteiger partial charge on any atom is -0.484 e. The molecule has 8 rings (SSSR count). The van der Waals surface area contributed by atoms with Crippen LogP contribution in [-0.4, -0.2) is 6.10 Å². The Morgan fingerprint density at radius 2 is 1.41 bits per heavy atom. The third-order valence-electron chi connectivity index (χ3n) is 8.42. The molecule has 3 aliphatic carbocycles. The molecule has 1 aliphatic heterocycles. The van der Waals surface area contributed by atoms with E-state index in [2.05, 4.69) is 104 Å². The van der Waals surface area contributed by atoms with Crippen LogP contribution in [-0.2, 0) is 10.8 Å². The fourth-order valence-corrected chi connectivity index (χ4v) is 7.13. The summed E-state index contributed by atoms with van der Waals surface area (Å²) in [5.74, 6) is 1.02. The molecule has 0 bridgehead atoms. The molecule has 34 heavy (non-hydrogen) atoms. The standard InChI is InChI=1S/C32H21ClO/c1-31-17-7-6-12-28(31)34-30-26(31)16-15-25-29(30)22-14-13-19(33)18-27(22)32(25)23-10-4-2-8-20(23)21-9-3-5-11-24(21)32/h2-18,28H,1H3. The molecule has 2 atom stereocenters. The van der Waals surface area contributed by atoms with E-state index in [0.717, 1.165) is 10.8 Å². The van der Waals surface area contributed by atoms with E-state index >= 15 is 0 Å². The quantitative estimate of drug-likeness (QED) is 0.226. The molecular formula is C32H21ClO. The van der Waals surface area contributed by atoms with Crippen molar-refractivity contribution in [2.45, 2.75) is 23.9 Å². The maximum absolute atomic E-state index is 6.75. The number of ether oxygens (including phenoxy) is 1. The van der Waals surface area contributed by atoms with Crippen molar-refractivity contribution in [1.82, 2.24) is 0 Å². The van der Waals surface area contributed by atoms with Crippen LogP contribution in [0.25, 0.3) is 22.3 Å². The van der Waals surface area contributed by atoms with E-state index in [1.54, 1.807) is 0 Å². The first-order chi connectivity index (χ1) is 16.6. The molecule has 1 spiro atoms. The number of hydrogen-bond donors (Lipinski definition) is 0. The maximum atomic E-state index is 6.75. The molecular weight excluding hydrogens is 436 g/mol. The topological polar surface area (TPSA) is 9.23 Å². The van der Waals surface area contributed by atoms with Crippen molar-refractivity contribution in [2.75, 3.05) is 0 Å². The molecule has 2 heteroatoms. The van der Waals surface area contributed by atoms with Gasteiger partial charge in [0, 0.05) is 16.1 Å². The molecule has 0 N–H and O–H groups in total. The van der Waals surface area contributed by atoms with Gasteiger partial charge in [-0.15, -0.1) is 0 Å². The lowest BCUT2D eigenvalue weighted by molar-refractivity contribution is 0.228. The predicted octanol–water partition coefficient (Wildman–Crippen LogP) is 7.83. The second kappa shape index (κ2) is 6.11. The van der Waals surface area contributed by atoms with Crippen molar-refractivity contribution in [3.8, 4) is 28.0 Å². The molecule has 0 fully saturated rings. The lowest BCUT2D eigenvalue weighted by atomic mass is 9.70. The molecule has 4 aromatic rings. The number of rotatable bonds is 0. The molecule has 0 radical (unpaired) electrons. The molecule has 2 unspecified atom stereocenters. The number of halogens is 1. The Balaban J connectivity index is 1.55. The fraction of sp³-hybridized carbons (Fsp3) is 0.125. The lowest BCUT2D eigenvalue weighted by Gasteiger charge is -2.30. The first-order valence-corrected chi connectivity index (χ1v) is 12.2. The summed E-state index contributed by atoms with van der Waals surface area (Å²) in [5.41, 5.74) is 10.9. The molecule has 0 aromatic heterocycles. The highest BCUT2D eigenvalue weighted by atomic mass is 35.5. The fourth-order valence-electron chi connectivity index (χ4n) is 6.96. The normalized spacial score (nSPS) is 23.1. The second-order valence-corrected chi connectivity index (χ2v) is 10.4. The van der Waals surface area contributed by atoms with Crippen LogP contribution in [0.5, 0.6) is 5.75 Å². The van der Waals surface area contributed by atoms with Gasteiger partial charge in [-0.2, -0.15) is 0 Å². The Morgan fingerprint density at radius 1 is 0.706 bits per heavy atom. The van der Waals surface area contributed by atoms with Crippen LogP contribution in [0.2, 0.25) is 5.02 Å². The molecule has 4 aliphatic rings. The zero-order valence-corrected chi connectivity index (χ0v) is 19.4. The van der Waals surface area contributed by atoms with Crippen LogP contribution in [0.15, 0.2) is 103 Å².